The van der Waals surface area contributed by atoms with Gasteiger partial charge < -0.3 is 15.7 Å². The highest BCUT2D eigenvalue weighted by Crippen LogP contribution is 2.27. The molecule has 1 fully saturated rings. The third-order valence-corrected chi connectivity index (χ3v) is 3.74. The van der Waals surface area contributed by atoms with E-state index in [-0.39, 0.29) is 0 Å². The molecule has 0 spiro atoms. The summed E-state index contributed by atoms with van der Waals surface area (Å²) in [6, 6.07) is 5.88. The van der Waals surface area contributed by atoms with Gasteiger partial charge in [-0.05, 0) is 31.9 Å². The molecule has 0 aromatic carbocycles. The van der Waals surface area contributed by atoms with Crippen LogP contribution in [0, 0.1) is 0 Å². The Hall–Kier alpha value is -1.29. The summed E-state index contributed by atoms with van der Waals surface area (Å²) in [5.74, 6) is 1.71. The van der Waals surface area contributed by atoms with Crippen LogP contribution >= 0.6 is 0 Å². The number of nitrogens with zero attached hydrogens (tertiary/aromatic N) is 1. The van der Waals surface area contributed by atoms with Gasteiger partial charge in [0.05, 0.1) is 5.60 Å². The zero-order chi connectivity index (χ0) is 13.6. The van der Waals surface area contributed by atoms with E-state index in [1.807, 2.05) is 18.2 Å². The molecule has 0 atom stereocenters. The zero-order valence-corrected chi connectivity index (χ0v) is 11.8. The SMILES string of the molecule is CCNc1cccc(NCC2(O)CCCCCC2)n1. The lowest BCUT2D eigenvalue weighted by Crippen LogP contribution is -2.36. The lowest BCUT2D eigenvalue weighted by atomic mass is 9.94. The maximum Gasteiger partial charge on any atom is 0.128 e. The van der Waals surface area contributed by atoms with Crippen molar-refractivity contribution in [3.05, 3.63) is 18.2 Å². The maximum atomic E-state index is 10.6. The van der Waals surface area contributed by atoms with E-state index >= 15 is 0 Å². The van der Waals surface area contributed by atoms with Gasteiger partial charge >= 0.3 is 0 Å². The fourth-order valence-electron chi connectivity index (χ4n) is 2.63. The van der Waals surface area contributed by atoms with Crippen LogP contribution in [0.15, 0.2) is 18.2 Å². The maximum absolute atomic E-state index is 10.6. The molecule has 1 heterocycles. The second-order valence-corrected chi connectivity index (χ2v) is 5.43. The third-order valence-electron chi connectivity index (χ3n) is 3.74. The van der Waals surface area contributed by atoms with Gasteiger partial charge in [-0.3, -0.25) is 0 Å². The molecule has 1 aromatic rings. The number of rotatable bonds is 5. The monoisotopic (exact) mass is 263 g/mol. The van der Waals surface area contributed by atoms with Gasteiger partial charge in [-0.25, -0.2) is 4.98 Å². The molecule has 0 amide bonds. The minimum Gasteiger partial charge on any atom is -0.388 e. The highest BCUT2D eigenvalue weighted by Gasteiger charge is 2.27. The smallest absolute Gasteiger partial charge is 0.128 e. The molecule has 1 aromatic heterocycles. The normalized spacial score (nSPS) is 18.6. The Bertz CT molecular complexity index is 387. The van der Waals surface area contributed by atoms with Crippen molar-refractivity contribution < 1.29 is 5.11 Å². The molecule has 2 rings (SSSR count). The predicted molar refractivity (Wildman–Crippen MR) is 79.5 cm³/mol. The number of aromatic nitrogens is 1. The van der Waals surface area contributed by atoms with E-state index in [4.69, 9.17) is 0 Å². The van der Waals surface area contributed by atoms with Crippen molar-refractivity contribution in [1.29, 1.82) is 0 Å². The molecule has 1 aliphatic carbocycles. The number of pyridine rings is 1. The van der Waals surface area contributed by atoms with Gasteiger partial charge in [-0.1, -0.05) is 31.7 Å². The first kappa shape index (κ1) is 14.1. The molecule has 0 radical (unpaired) electrons. The Labute approximate surface area is 115 Å². The first-order valence-corrected chi connectivity index (χ1v) is 7.39. The van der Waals surface area contributed by atoms with Crippen LogP contribution in [0.2, 0.25) is 0 Å². The number of hydrogen-bond acceptors (Lipinski definition) is 4. The summed E-state index contributed by atoms with van der Waals surface area (Å²) < 4.78 is 0. The average Bonchev–Trinajstić information content (AvgIpc) is 2.63. The van der Waals surface area contributed by atoms with E-state index in [0.717, 1.165) is 43.9 Å². The molecular weight excluding hydrogens is 238 g/mol. The van der Waals surface area contributed by atoms with Crippen molar-refractivity contribution in [2.24, 2.45) is 0 Å². The van der Waals surface area contributed by atoms with Gasteiger partial charge in [0.15, 0.2) is 0 Å². The van der Waals surface area contributed by atoms with Crippen LogP contribution < -0.4 is 10.6 Å². The number of aliphatic hydroxyl groups is 1. The van der Waals surface area contributed by atoms with Crippen LogP contribution in [-0.2, 0) is 0 Å². The second kappa shape index (κ2) is 6.75. The van der Waals surface area contributed by atoms with E-state index in [2.05, 4.69) is 22.5 Å². The van der Waals surface area contributed by atoms with E-state index in [0.29, 0.717) is 6.54 Å². The highest BCUT2D eigenvalue weighted by molar-refractivity contribution is 5.45. The van der Waals surface area contributed by atoms with Gasteiger partial charge in [0.1, 0.15) is 11.6 Å². The van der Waals surface area contributed by atoms with Crippen LogP contribution in [0.25, 0.3) is 0 Å². The molecule has 4 nitrogen and oxygen atoms in total. The van der Waals surface area contributed by atoms with E-state index < -0.39 is 5.60 Å². The van der Waals surface area contributed by atoms with Crippen LogP contribution in [-0.4, -0.2) is 28.8 Å². The predicted octanol–water partition coefficient (Wildman–Crippen LogP) is 3.01. The number of nitrogens with one attached hydrogen (secondary N) is 2. The van der Waals surface area contributed by atoms with Gasteiger partial charge in [-0.2, -0.15) is 0 Å². The molecule has 0 bridgehead atoms. The third kappa shape index (κ3) is 4.39. The van der Waals surface area contributed by atoms with Crippen LogP contribution in [0.1, 0.15) is 45.4 Å². The summed E-state index contributed by atoms with van der Waals surface area (Å²) in [5.41, 5.74) is -0.563. The van der Waals surface area contributed by atoms with Crippen molar-refractivity contribution in [3.8, 4) is 0 Å². The van der Waals surface area contributed by atoms with Gasteiger partial charge in [-0.15, -0.1) is 0 Å². The second-order valence-electron chi connectivity index (χ2n) is 5.43. The Kier molecular flexibility index (Phi) is 5.02. The largest absolute Gasteiger partial charge is 0.388 e. The van der Waals surface area contributed by atoms with E-state index in [1.165, 1.54) is 12.8 Å². The van der Waals surface area contributed by atoms with Crippen molar-refractivity contribution in [2.45, 2.75) is 51.0 Å². The van der Waals surface area contributed by atoms with Crippen LogP contribution in [0.3, 0.4) is 0 Å². The molecule has 4 heteroatoms. The Morgan fingerprint density at radius 1 is 1.11 bits per heavy atom. The quantitative estimate of drug-likeness (QED) is 0.715. The van der Waals surface area contributed by atoms with Gasteiger partial charge in [0, 0.05) is 13.1 Å². The van der Waals surface area contributed by atoms with Crippen LogP contribution in [0.4, 0.5) is 11.6 Å². The Morgan fingerprint density at radius 3 is 2.37 bits per heavy atom. The minimum absolute atomic E-state index is 0.563. The van der Waals surface area contributed by atoms with Crippen molar-refractivity contribution in [2.75, 3.05) is 23.7 Å². The van der Waals surface area contributed by atoms with E-state index in [1.54, 1.807) is 0 Å². The fourth-order valence-corrected chi connectivity index (χ4v) is 2.63. The lowest BCUT2D eigenvalue weighted by molar-refractivity contribution is 0.0380. The lowest BCUT2D eigenvalue weighted by Gasteiger charge is -2.27. The van der Waals surface area contributed by atoms with E-state index in [9.17, 15) is 5.11 Å². The minimum atomic E-state index is -0.563. The Morgan fingerprint density at radius 2 is 1.74 bits per heavy atom. The number of anilines is 2. The zero-order valence-electron chi connectivity index (χ0n) is 11.8. The summed E-state index contributed by atoms with van der Waals surface area (Å²) in [4.78, 5) is 4.47. The number of hydrogen-bond donors (Lipinski definition) is 3. The van der Waals surface area contributed by atoms with Crippen molar-refractivity contribution in [1.82, 2.24) is 4.98 Å². The summed E-state index contributed by atoms with van der Waals surface area (Å²) in [5, 5.41) is 17.1. The summed E-state index contributed by atoms with van der Waals surface area (Å²) in [6.07, 6.45) is 6.54. The molecule has 0 saturated heterocycles. The molecule has 106 valence electrons. The summed E-state index contributed by atoms with van der Waals surface area (Å²) in [7, 11) is 0. The first-order valence-electron chi connectivity index (χ1n) is 7.39. The van der Waals surface area contributed by atoms with Gasteiger partial charge in [0.25, 0.3) is 0 Å². The molecule has 19 heavy (non-hydrogen) atoms. The van der Waals surface area contributed by atoms with Gasteiger partial charge in [0.2, 0.25) is 0 Å². The molecule has 1 aliphatic rings. The fraction of sp³-hybridized carbons (Fsp3) is 0.667. The topological polar surface area (TPSA) is 57.2 Å². The average molecular weight is 263 g/mol. The molecular formula is C15H25N3O. The molecule has 3 N–H and O–H groups in total. The molecule has 0 unspecified atom stereocenters. The summed E-state index contributed by atoms with van der Waals surface area (Å²) >= 11 is 0. The van der Waals surface area contributed by atoms with Crippen molar-refractivity contribution >= 4 is 11.6 Å². The van der Waals surface area contributed by atoms with Crippen LogP contribution in [0.5, 0.6) is 0 Å². The molecule has 0 aliphatic heterocycles. The Balaban J connectivity index is 1.91. The standard InChI is InChI=1S/C15H25N3O/c1-2-16-13-8-7-9-14(18-13)17-12-15(19)10-5-3-4-6-11-15/h7-9,19H,2-6,10-12H2,1H3,(H2,16,17,18). The molecule has 1 saturated carbocycles. The van der Waals surface area contributed by atoms with Crippen molar-refractivity contribution in [3.63, 3.8) is 0 Å². The first-order chi connectivity index (χ1) is 9.22. The summed E-state index contributed by atoms with van der Waals surface area (Å²) in [6.45, 7) is 3.51. The highest BCUT2D eigenvalue weighted by atomic mass is 16.3.